The molecule has 1 aliphatic heterocycles. The van der Waals surface area contributed by atoms with Gasteiger partial charge in [0.05, 0.1) is 0 Å². The van der Waals surface area contributed by atoms with Gasteiger partial charge in [-0.05, 0) is 12.5 Å². The first-order chi connectivity index (χ1) is 9.20. The smallest absolute Gasteiger partial charge is 0.224 e. The Balaban J connectivity index is 1.88. The van der Waals surface area contributed by atoms with E-state index in [9.17, 15) is 4.79 Å². The van der Waals surface area contributed by atoms with Crippen LogP contribution in [0.25, 0.3) is 0 Å². The molecule has 0 spiro atoms. The van der Waals surface area contributed by atoms with Crippen molar-refractivity contribution in [3.63, 3.8) is 0 Å². The predicted molar refractivity (Wildman–Crippen MR) is 76.6 cm³/mol. The maximum Gasteiger partial charge on any atom is 0.224 e. The highest BCUT2D eigenvalue weighted by Gasteiger charge is 2.26. The van der Waals surface area contributed by atoms with Gasteiger partial charge in [0.2, 0.25) is 5.91 Å². The number of rotatable bonds is 4. The molecule has 1 saturated heterocycles. The average Bonchev–Trinajstić information content (AvgIpc) is 2.40. The summed E-state index contributed by atoms with van der Waals surface area (Å²) in [6, 6.07) is 10.7. The van der Waals surface area contributed by atoms with Gasteiger partial charge < -0.3 is 10.6 Å². The first-order valence-electron chi connectivity index (χ1n) is 6.96. The van der Waals surface area contributed by atoms with Gasteiger partial charge in [-0.15, -0.1) is 0 Å². The summed E-state index contributed by atoms with van der Waals surface area (Å²) < 4.78 is 0. The fourth-order valence-corrected chi connectivity index (χ4v) is 2.66. The molecular weight excluding hydrogens is 238 g/mol. The Bertz CT molecular complexity index is 407. The number of carbonyl (C=O) groups excluding carboxylic acids is 1. The molecule has 0 aromatic heterocycles. The molecule has 0 aliphatic carbocycles. The maximum atomic E-state index is 11.9. The van der Waals surface area contributed by atoms with Gasteiger partial charge in [-0.1, -0.05) is 30.3 Å². The molecule has 4 heteroatoms. The molecule has 1 aromatic rings. The highest BCUT2D eigenvalue weighted by atomic mass is 16.2. The zero-order valence-corrected chi connectivity index (χ0v) is 11.6. The Kier molecular flexibility index (Phi) is 4.93. The van der Waals surface area contributed by atoms with E-state index in [1.807, 2.05) is 11.0 Å². The zero-order chi connectivity index (χ0) is 13.7. The van der Waals surface area contributed by atoms with E-state index >= 15 is 0 Å². The van der Waals surface area contributed by atoms with E-state index in [2.05, 4.69) is 36.1 Å². The molecule has 1 unspecified atom stereocenters. The Labute approximate surface area is 115 Å². The number of nitrogens with two attached hydrogens (primary N) is 1. The Morgan fingerprint density at radius 3 is 2.68 bits per heavy atom. The molecule has 4 nitrogen and oxygen atoms in total. The van der Waals surface area contributed by atoms with E-state index in [0.717, 1.165) is 26.2 Å². The molecule has 104 valence electrons. The fraction of sp³-hybridized carbons (Fsp3) is 0.533. The fourth-order valence-electron chi connectivity index (χ4n) is 2.66. The van der Waals surface area contributed by atoms with Crippen molar-refractivity contribution < 1.29 is 4.79 Å². The van der Waals surface area contributed by atoms with Gasteiger partial charge in [-0.3, -0.25) is 9.69 Å². The van der Waals surface area contributed by atoms with E-state index in [1.54, 1.807) is 0 Å². The van der Waals surface area contributed by atoms with Gasteiger partial charge in [0.25, 0.3) is 0 Å². The van der Waals surface area contributed by atoms with Crippen LogP contribution >= 0.6 is 0 Å². The lowest BCUT2D eigenvalue weighted by molar-refractivity contribution is -0.135. The van der Waals surface area contributed by atoms with Gasteiger partial charge in [-0.25, -0.2) is 0 Å². The number of benzene rings is 1. The van der Waals surface area contributed by atoms with Crippen molar-refractivity contribution in [1.29, 1.82) is 0 Å². The Hall–Kier alpha value is -1.39. The molecule has 1 fully saturated rings. The first kappa shape index (κ1) is 14.0. The number of piperazine rings is 1. The predicted octanol–water partition coefficient (Wildman–Crippen LogP) is 1.07. The van der Waals surface area contributed by atoms with E-state index in [-0.39, 0.29) is 11.9 Å². The van der Waals surface area contributed by atoms with Crippen LogP contribution < -0.4 is 5.73 Å². The number of nitrogens with zero attached hydrogens (tertiary/aromatic N) is 2. The first-order valence-corrected chi connectivity index (χ1v) is 6.96. The van der Waals surface area contributed by atoms with Crippen LogP contribution in [-0.2, 0) is 11.3 Å². The van der Waals surface area contributed by atoms with Crippen molar-refractivity contribution in [3.05, 3.63) is 35.9 Å². The van der Waals surface area contributed by atoms with Gasteiger partial charge >= 0.3 is 0 Å². The lowest BCUT2D eigenvalue weighted by Crippen LogP contribution is -2.53. The third-order valence-electron chi connectivity index (χ3n) is 3.64. The van der Waals surface area contributed by atoms with Crippen molar-refractivity contribution in [1.82, 2.24) is 9.80 Å². The second-order valence-electron chi connectivity index (χ2n) is 5.20. The molecular formula is C15H23N3O. The summed E-state index contributed by atoms with van der Waals surface area (Å²) in [5.74, 6) is 0.189. The van der Waals surface area contributed by atoms with Crippen molar-refractivity contribution in [2.45, 2.75) is 25.9 Å². The molecule has 0 radical (unpaired) electrons. The molecule has 0 saturated carbocycles. The summed E-state index contributed by atoms with van der Waals surface area (Å²) in [7, 11) is 0. The maximum absolute atomic E-state index is 11.9. The largest absolute Gasteiger partial charge is 0.337 e. The average molecular weight is 261 g/mol. The van der Waals surface area contributed by atoms with Crippen molar-refractivity contribution in [2.75, 3.05) is 26.2 Å². The van der Waals surface area contributed by atoms with Gasteiger partial charge in [0.15, 0.2) is 0 Å². The van der Waals surface area contributed by atoms with E-state index in [1.165, 1.54) is 5.56 Å². The minimum atomic E-state index is 0.189. The van der Waals surface area contributed by atoms with Gasteiger partial charge in [0, 0.05) is 45.2 Å². The second kappa shape index (κ2) is 6.68. The van der Waals surface area contributed by atoms with Crippen LogP contribution in [0.5, 0.6) is 0 Å². The molecule has 19 heavy (non-hydrogen) atoms. The Morgan fingerprint density at radius 2 is 2.05 bits per heavy atom. The summed E-state index contributed by atoms with van der Waals surface area (Å²) in [5.41, 5.74) is 6.78. The zero-order valence-electron chi connectivity index (χ0n) is 11.6. The van der Waals surface area contributed by atoms with E-state index in [0.29, 0.717) is 13.0 Å². The molecule has 1 heterocycles. The molecule has 1 aromatic carbocycles. The number of carbonyl (C=O) groups is 1. The van der Waals surface area contributed by atoms with Crippen LogP contribution in [0.2, 0.25) is 0 Å². The summed E-state index contributed by atoms with van der Waals surface area (Å²) in [6.45, 7) is 6.21. The minimum Gasteiger partial charge on any atom is -0.337 e. The van der Waals surface area contributed by atoms with E-state index < -0.39 is 0 Å². The van der Waals surface area contributed by atoms with Crippen LogP contribution in [0.1, 0.15) is 18.9 Å². The SMILES string of the molecule is CC1CN(Cc2ccccc2)CCN1C(=O)CCN. The number of amides is 1. The monoisotopic (exact) mass is 261 g/mol. The van der Waals surface area contributed by atoms with Gasteiger partial charge in [0.1, 0.15) is 0 Å². The van der Waals surface area contributed by atoms with E-state index in [4.69, 9.17) is 5.73 Å². The highest BCUT2D eigenvalue weighted by molar-refractivity contribution is 5.76. The summed E-state index contributed by atoms with van der Waals surface area (Å²) in [5, 5.41) is 0. The summed E-state index contributed by atoms with van der Waals surface area (Å²) in [4.78, 5) is 16.3. The van der Waals surface area contributed by atoms with Crippen LogP contribution in [0, 0.1) is 0 Å². The van der Waals surface area contributed by atoms with Crippen LogP contribution in [0.15, 0.2) is 30.3 Å². The summed E-state index contributed by atoms with van der Waals surface area (Å²) >= 11 is 0. The quantitative estimate of drug-likeness (QED) is 0.882. The Morgan fingerprint density at radius 1 is 1.32 bits per heavy atom. The topological polar surface area (TPSA) is 49.6 Å². The molecule has 1 amide bonds. The van der Waals surface area contributed by atoms with Crippen molar-refractivity contribution in [2.24, 2.45) is 5.73 Å². The normalized spacial score (nSPS) is 20.5. The van der Waals surface area contributed by atoms with Gasteiger partial charge in [-0.2, -0.15) is 0 Å². The van der Waals surface area contributed by atoms with Crippen molar-refractivity contribution in [3.8, 4) is 0 Å². The lowest BCUT2D eigenvalue weighted by atomic mass is 10.1. The van der Waals surface area contributed by atoms with Crippen LogP contribution in [-0.4, -0.2) is 47.9 Å². The van der Waals surface area contributed by atoms with Crippen LogP contribution in [0.3, 0.4) is 0 Å². The molecule has 2 rings (SSSR count). The molecule has 0 bridgehead atoms. The summed E-state index contributed by atoms with van der Waals surface area (Å²) in [6.07, 6.45) is 0.461. The third kappa shape index (κ3) is 3.78. The standard InChI is InChI=1S/C15H23N3O/c1-13-11-17(12-14-5-3-2-4-6-14)9-10-18(13)15(19)7-8-16/h2-6,13H,7-12,16H2,1H3. The van der Waals surface area contributed by atoms with Crippen molar-refractivity contribution >= 4 is 5.91 Å². The minimum absolute atomic E-state index is 0.189. The molecule has 1 atom stereocenters. The third-order valence-corrected chi connectivity index (χ3v) is 3.64. The number of hydrogen-bond acceptors (Lipinski definition) is 3. The van der Waals surface area contributed by atoms with Crippen LogP contribution in [0.4, 0.5) is 0 Å². The molecule has 1 aliphatic rings. The number of hydrogen-bond donors (Lipinski definition) is 1. The second-order valence-corrected chi connectivity index (χ2v) is 5.20. The lowest BCUT2D eigenvalue weighted by Gasteiger charge is -2.40. The highest BCUT2D eigenvalue weighted by Crippen LogP contribution is 2.13. The molecule has 2 N–H and O–H groups in total.